The van der Waals surface area contributed by atoms with Gasteiger partial charge in [0, 0.05) is 23.2 Å². The number of nitrogens with one attached hydrogen (secondary N) is 1. The van der Waals surface area contributed by atoms with Crippen molar-refractivity contribution in [2.75, 3.05) is 7.05 Å². The first-order chi connectivity index (χ1) is 9.02. The van der Waals surface area contributed by atoms with E-state index in [9.17, 15) is 8.78 Å². The highest BCUT2D eigenvalue weighted by Gasteiger charge is 2.10. The topological polar surface area (TPSA) is 12.0 Å². The molecule has 0 heterocycles. The Bertz CT molecular complexity index is 611. The Kier molecular flexibility index (Phi) is 4.17. The molecule has 2 aromatic carbocycles. The number of hydrogen-bond acceptors (Lipinski definition) is 1. The predicted molar refractivity (Wildman–Crippen MR) is 74.3 cm³/mol. The van der Waals surface area contributed by atoms with E-state index in [0.717, 1.165) is 11.6 Å². The largest absolute Gasteiger partial charge is 0.316 e. The fourth-order valence-corrected chi connectivity index (χ4v) is 2.17. The molecule has 0 aliphatic heterocycles. The molecule has 4 heteroatoms. The van der Waals surface area contributed by atoms with Crippen LogP contribution in [0.1, 0.15) is 11.1 Å². The highest BCUT2D eigenvalue weighted by molar-refractivity contribution is 6.31. The summed E-state index contributed by atoms with van der Waals surface area (Å²) in [5.41, 5.74) is 2.35. The van der Waals surface area contributed by atoms with Gasteiger partial charge in [-0.15, -0.1) is 0 Å². The van der Waals surface area contributed by atoms with Crippen molar-refractivity contribution in [2.45, 2.75) is 13.5 Å². The number of hydrogen-bond donors (Lipinski definition) is 1. The summed E-state index contributed by atoms with van der Waals surface area (Å²) in [6.07, 6.45) is 0. The molecule has 0 bridgehead atoms. The summed E-state index contributed by atoms with van der Waals surface area (Å²) < 4.78 is 27.0. The van der Waals surface area contributed by atoms with Crippen LogP contribution in [0.15, 0.2) is 30.3 Å². The summed E-state index contributed by atoms with van der Waals surface area (Å²) in [5.74, 6) is -1.13. The first-order valence-corrected chi connectivity index (χ1v) is 6.29. The third-order valence-electron chi connectivity index (χ3n) is 2.98. The molecule has 100 valence electrons. The van der Waals surface area contributed by atoms with Crippen LogP contribution in [0.25, 0.3) is 11.1 Å². The molecular formula is C15H14ClF2N. The molecular weight excluding hydrogens is 268 g/mol. The van der Waals surface area contributed by atoms with Crippen LogP contribution in [0.5, 0.6) is 0 Å². The van der Waals surface area contributed by atoms with Gasteiger partial charge in [-0.3, -0.25) is 0 Å². The number of halogens is 3. The average molecular weight is 282 g/mol. The second-order valence-electron chi connectivity index (χ2n) is 4.42. The van der Waals surface area contributed by atoms with Crippen molar-refractivity contribution >= 4 is 11.6 Å². The minimum atomic E-state index is -0.583. The van der Waals surface area contributed by atoms with Gasteiger partial charge in [-0.1, -0.05) is 23.7 Å². The predicted octanol–water partition coefficient (Wildman–Crippen LogP) is 4.31. The van der Waals surface area contributed by atoms with E-state index in [4.69, 9.17) is 11.6 Å². The molecule has 0 aromatic heterocycles. The molecule has 0 unspecified atom stereocenters. The summed E-state index contributed by atoms with van der Waals surface area (Å²) >= 11 is 6.14. The fraction of sp³-hybridized carbons (Fsp3) is 0.200. The van der Waals surface area contributed by atoms with Crippen molar-refractivity contribution in [1.82, 2.24) is 5.32 Å². The second kappa shape index (κ2) is 5.68. The van der Waals surface area contributed by atoms with Crippen LogP contribution in [0.2, 0.25) is 5.02 Å². The maximum Gasteiger partial charge on any atom is 0.133 e. The van der Waals surface area contributed by atoms with Crippen LogP contribution in [-0.2, 0) is 6.54 Å². The van der Waals surface area contributed by atoms with Crippen molar-refractivity contribution in [1.29, 1.82) is 0 Å². The molecule has 19 heavy (non-hydrogen) atoms. The minimum absolute atomic E-state index is 0.358. The molecule has 0 atom stereocenters. The van der Waals surface area contributed by atoms with Gasteiger partial charge in [0.05, 0.1) is 0 Å². The Balaban J connectivity index is 2.48. The van der Waals surface area contributed by atoms with E-state index >= 15 is 0 Å². The molecule has 1 nitrogen and oxygen atoms in total. The first kappa shape index (κ1) is 14.0. The van der Waals surface area contributed by atoms with Gasteiger partial charge in [0.25, 0.3) is 0 Å². The van der Waals surface area contributed by atoms with E-state index < -0.39 is 11.6 Å². The van der Waals surface area contributed by atoms with Crippen LogP contribution < -0.4 is 5.32 Å². The smallest absolute Gasteiger partial charge is 0.133 e. The van der Waals surface area contributed by atoms with E-state index in [-0.39, 0.29) is 0 Å². The lowest BCUT2D eigenvalue weighted by Crippen LogP contribution is -2.05. The molecule has 0 saturated heterocycles. The van der Waals surface area contributed by atoms with Crippen LogP contribution >= 0.6 is 11.6 Å². The molecule has 1 N–H and O–H groups in total. The van der Waals surface area contributed by atoms with Crippen molar-refractivity contribution in [2.24, 2.45) is 0 Å². The summed E-state index contributed by atoms with van der Waals surface area (Å²) in [7, 11) is 1.83. The van der Waals surface area contributed by atoms with Crippen LogP contribution in [0, 0.1) is 18.6 Å². The minimum Gasteiger partial charge on any atom is -0.316 e. The number of rotatable bonds is 3. The highest BCUT2D eigenvalue weighted by Crippen LogP contribution is 2.29. The van der Waals surface area contributed by atoms with Gasteiger partial charge >= 0.3 is 0 Å². The molecule has 0 saturated carbocycles. The van der Waals surface area contributed by atoms with E-state index in [0.29, 0.717) is 28.3 Å². The average Bonchev–Trinajstić information content (AvgIpc) is 2.36. The van der Waals surface area contributed by atoms with Crippen LogP contribution in [0.4, 0.5) is 8.78 Å². The molecule has 0 amide bonds. The van der Waals surface area contributed by atoms with E-state index in [1.807, 2.05) is 13.1 Å². The van der Waals surface area contributed by atoms with E-state index in [1.54, 1.807) is 19.1 Å². The van der Waals surface area contributed by atoms with Crippen LogP contribution in [-0.4, -0.2) is 7.05 Å². The highest BCUT2D eigenvalue weighted by atomic mass is 35.5. The summed E-state index contributed by atoms with van der Waals surface area (Å²) in [5, 5.41) is 3.57. The molecule has 0 radical (unpaired) electrons. The number of aryl methyl sites for hydroxylation is 1. The maximum atomic E-state index is 13.8. The molecule has 0 fully saturated rings. The monoisotopic (exact) mass is 281 g/mol. The van der Waals surface area contributed by atoms with Gasteiger partial charge in [-0.2, -0.15) is 0 Å². The van der Waals surface area contributed by atoms with Crippen molar-refractivity contribution in [3.63, 3.8) is 0 Å². The van der Waals surface area contributed by atoms with Crippen molar-refractivity contribution in [3.05, 3.63) is 58.1 Å². The Morgan fingerprint density at radius 2 is 1.84 bits per heavy atom. The summed E-state index contributed by atoms with van der Waals surface area (Å²) in [6, 6.07) is 7.72. The van der Waals surface area contributed by atoms with Gasteiger partial charge in [0.1, 0.15) is 11.6 Å². The maximum absolute atomic E-state index is 13.8. The fourth-order valence-electron chi connectivity index (χ4n) is 1.93. The Hall–Kier alpha value is -1.45. The van der Waals surface area contributed by atoms with E-state index in [2.05, 4.69) is 5.32 Å². The van der Waals surface area contributed by atoms with Gasteiger partial charge < -0.3 is 5.32 Å². The van der Waals surface area contributed by atoms with Gasteiger partial charge in [-0.05, 0) is 42.8 Å². The van der Waals surface area contributed by atoms with E-state index in [1.165, 1.54) is 6.07 Å². The zero-order chi connectivity index (χ0) is 14.0. The first-order valence-electron chi connectivity index (χ1n) is 5.92. The Labute approximate surface area is 116 Å². The lowest BCUT2D eigenvalue weighted by molar-refractivity contribution is 0.579. The Morgan fingerprint density at radius 1 is 1.11 bits per heavy atom. The number of benzene rings is 2. The van der Waals surface area contributed by atoms with Gasteiger partial charge in [0.2, 0.25) is 0 Å². The molecule has 0 spiro atoms. The van der Waals surface area contributed by atoms with Crippen LogP contribution in [0.3, 0.4) is 0 Å². The third kappa shape index (κ3) is 2.94. The molecule has 2 rings (SSSR count). The van der Waals surface area contributed by atoms with Crippen molar-refractivity contribution < 1.29 is 8.78 Å². The zero-order valence-corrected chi connectivity index (χ0v) is 11.5. The standard InChI is InChI=1S/C15H14ClF2N/c1-9-5-12(15(18)7-14(9)17)10-3-4-11(8-19-2)13(16)6-10/h3-7,19H,8H2,1-2H3. The Morgan fingerprint density at radius 3 is 2.47 bits per heavy atom. The quantitative estimate of drug-likeness (QED) is 0.884. The normalized spacial score (nSPS) is 10.8. The summed E-state index contributed by atoms with van der Waals surface area (Å²) in [4.78, 5) is 0. The molecule has 2 aromatic rings. The van der Waals surface area contributed by atoms with Gasteiger partial charge in [0.15, 0.2) is 0 Å². The van der Waals surface area contributed by atoms with Crippen molar-refractivity contribution in [3.8, 4) is 11.1 Å². The SMILES string of the molecule is CNCc1ccc(-c2cc(C)c(F)cc2F)cc1Cl. The second-order valence-corrected chi connectivity index (χ2v) is 4.82. The third-order valence-corrected chi connectivity index (χ3v) is 3.33. The molecule has 0 aliphatic rings. The van der Waals surface area contributed by atoms with Gasteiger partial charge in [-0.25, -0.2) is 8.78 Å². The molecule has 0 aliphatic carbocycles. The summed E-state index contributed by atoms with van der Waals surface area (Å²) in [6.45, 7) is 2.25. The lowest BCUT2D eigenvalue weighted by Gasteiger charge is -2.09. The lowest BCUT2D eigenvalue weighted by atomic mass is 10.0. The zero-order valence-electron chi connectivity index (χ0n) is 10.7.